The number of para-hydroxylation sites is 1. The van der Waals surface area contributed by atoms with Crippen molar-refractivity contribution in [3.8, 4) is 17.6 Å². The molecule has 5 heteroatoms. The predicted molar refractivity (Wildman–Crippen MR) is 131 cm³/mol. The van der Waals surface area contributed by atoms with Gasteiger partial charge in [0, 0.05) is 5.69 Å². The van der Waals surface area contributed by atoms with Crippen molar-refractivity contribution >= 4 is 17.7 Å². The van der Waals surface area contributed by atoms with E-state index in [0.29, 0.717) is 30.6 Å². The molecule has 0 aliphatic carbocycles. The summed E-state index contributed by atoms with van der Waals surface area (Å²) in [5, 5.41) is 12.1. The topological polar surface area (TPSA) is 71.3 Å². The summed E-state index contributed by atoms with van der Waals surface area (Å²) in [5.41, 5.74) is 2.72. The van der Waals surface area contributed by atoms with Crippen molar-refractivity contribution in [2.75, 3.05) is 18.5 Å². The number of amides is 1. The highest BCUT2D eigenvalue weighted by atomic mass is 16.5. The zero-order valence-corrected chi connectivity index (χ0v) is 19.0. The van der Waals surface area contributed by atoms with Crippen LogP contribution in [0.4, 0.5) is 5.69 Å². The van der Waals surface area contributed by atoms with Crippen LogP contribution in [-0.4, -0.2) is 19.1 Å². The molecule has 0 saturated heterocycles. The van der Waals surface area contributed by atoms with Crippen molar-refractivity contribution in [1.29, 1.82) is 5.26 Å². The van der Waals surface area contributed by atoms with Gasteiger partial charge in [-0.3, -0.25) is 4.79 Å². The lowest BCUT2D eigenvalue weighted by atomic mass is 9.99. The Hall–Kier alpha value is -4.04. The van der Waals surface area contributed by atoms with Crippen LogP contribution >= 0.6 is 0 Å². The van der Waals surface area contributed by atoms with Crippen LogP contribution in [0.25, 0.3) is 6.08 Å². The molecule has 1 atom stereocenters. The standard InChI is InChI=1S/C28H28N2O3/c1-3-21(2)23-11-15-27(16-12-23)33-18-17-32-26-13-9-22(10-14-26)19-24(20-29)28(31)30-25-7-5-4-6-8-25/h4-16,19,21H,3,17-18H2,1-2H3,(H,30,31)/b24-19+. The minimum atomic E-state index is -0.446. The van der Waals surface area contributed by atoms with Crippen LogP contribution in [-0.2, 0) is 4.79 Å². The molecule has 3 aromatic carbocycles. The fourth-order valence-electron chi connectivity index (χ4n) is 3.14. The van der Waals surface area contributed by atoms with Gasteiger partial charge in [-0.1, -0.05) is 56.3 Å². The van der Waals surface area contributed by atoms with Crippen molar-refractivity contribution in [2.24, 2.45) is 0 Å². The highest BCUT2D eigenvalue weighted by Gasteiger charge is 2.09. The second kappa shape index (κ2) is 12.1. The van der Waals surface area contributed by atoms with Crippen LogP contribution in [0.2, 0.25) is 0 Å². The summed E-state index contributed by atoms with van der Waals surface area (Å²) in [7, 11) is 0. The highest BCUT2D eigenvalue weighted by Crippen LogP contribution is 2.21. The number of nitrogens with one attached hydrogen (secondary N) is 1. The maximum Gasteiger partial charge on any atom is 0.266 e. The third kappa shape index (κ3) is 7.26. The lowest BCUT2D eigenvalue weighted by molar-refractivity contribution is -0.112. The summed E-state index contributed by atoms with van der Waals surface area (Å²) in [6, 6.07) is 26.4. The van der Waals surface area contributed by atoms with Crippen LogP contribution < -0.4 is 14.8 Å². The first-order chi connectivity index (χ1) is 16.1. The Morgan fingerprint density at radius 1 is 0.939 bits per heavy atom. The van der Waals surface area contributed by atoms with Crippen LogP contribution in [0.15, 0.2) is 84.4 Å². The first-order valence-electron chi connectivity index (χ1n) is 11.0. The number of carbonyl (C=O) groups excluding carboxylic acids is 1. The molecule has 1 amide bonds. The van der Waals surface area contributed by atoms with Gasteiger partial charge in [0.25, 0.3) is 5.91 Å². The van der Waals surface area contributed by atoms with Crippen molar-refractivity contribution in [2.45, 2.75) is 26.2 Å². The van der Waals surface area contributed by atoms with E-state index in [1.807, 2.05) is 36.4 Å². The van der Waals surface area contributed by atoms with E-state index in [0.717, 1.165) is 17.7 Å². The number of rotatable bonds is 10. The molecule has 1 unspecified atom stereocenters. The summed E-state index contributed by atoms with van der Waals surface area (Å²) in [4.78, 5) is 12.3. The lowest BCUT2D eigenvalue weighted by Crippen LogP contribution is -2.13. The molecule has 0 fully saturated rings. The van der Waals surface area contributed by atoms with E-state index in [4.69, 9.17) is 9.47 Å². The number of carbonyl (C=O) groups is 1. The first kappa shape index (κ1) is 23.6. The molecular weight excluding hydrogens is 412 g/mol. The second-order valence-corrected chi connectivity index (χ2v) is 7.63. The smallest absolute Gasteiger partial charge is 0.266 e. The Bertz CT molecular complexity index is 1100. The Balaban J connectivity index is 1.48. The zero-order valence-electron chi connectivity index (χ0n) is 19.0. The van der Waals surface area contributed by atoms with E-state index in [9.17, 15) is 10.1 Å². The molecule has 3 aromatic rings. The van der Waals surface area contributed by atoms with Gasteiger partial charge in [0.05, 0.1) is 0 Å². The third-order valence-corrected chi connectivity index (χ3v) is 5.27. The molecule has 168 valence electrons. The van der Waals surface area contributed by atoms with Gasteiger partial charge in [-0.2, -0.15) is 5.26 Å². The van der Waals surface area contributed by atoms with Crippen LogP contribution in [0.1, 0.15) is 37.3 Å². The Morgan fingerprint density at radius 3 is 2.06 bits per heavy atom. The average Bonchev–Trinajstić information content (AvgIpc) is 2.86. The van der Waals surface area contributed by atoms with Gasteiger partial charge < -0.3 is 14.8 Å². The number of hydrogen-bond donors (Lipinski definition) is 1. The van der Waals surface area contributed by atoms with E-state index in [-0.39, 0.29) is 5.57 Å². The highest BCUT2D eigenvalue weighted by molar-refractivity contribution is 6.09. The Labute approximate surface area is 195 Å². The van der Waals surface area contributed by atoms with E-state index < -0.39 is 5.91 Å². The SMILES string of the molecule is CCC(C)c1ccc(OCCOc2ccc(/C=C(\C#N)C(=O)Nc3ccccc3)cc2)cc1. The maximum atomic E-state index is 12.3. The normalized spacial score (nSPS) is 11.8. The van der Waals surface area contributed by atoms with Crippen molar-refractivity contribution in [3.63, 3.8) is 0 Å². The third-order valence-electron chi connectivity index (χ3n) is 5.27. The fourth-order valence-corrected chi connectivity index (χ4v) is 3.14. The molecule has 0 radical (unpaired) electrons. The molecule has 5 nitrogen and oxygen atoms in total. The summed E-state index contributed by atoms with van der Waals surface area (Å²) < 4.78 is 11.5. The molecule has 0 bridgehead atoms. The van der Waals surface area contributed by atoms with Gasteiger partial charge in [0.1, 0.15) is 36.4 Å². The van der Waals surface area contributed by atoms with E-state index in [1.165, 1.54) is 5.56 Å². The fraction of sp³-hybridized carbons (Fsp3) is 0.214. The van der Waals surface area contributed by atoms with Crippen LogP contribution in [0.5, 0.6) is 11.5 Å². The van der Waals surface area contributed by atoms with Gasteiger partial charge in [0.15, 0.2) is 0 Å². The number of nitrogens with zero attached hydrogens (tertiary/aromatic N) is 1. The number of benzene rings is 3. The van der Waals surface area contributed by atoms with Gasteiger partial charge >= 0.3 is 0 Å². The summed E-state index contributed by atoms with van der Waals surface area (Å²) >= 11 is 0. The van der Waals surface area contributed by atoms with E-state index in [1.54, 1.807) is 42.5 Å². The van der Waals surface area contributed by atoms with Gasteiger partial charge in [0.2, 0.25) is 0 Å². The van der Waals surface area contributed by atoms with Gasteiger partial charge in [-0.25, -0.2) is 0 Å². The number of hydrogen-bond acceptors (Lipinski definition) is 4. The molecule has 33 heavy (non-hydrogen) atoms. The lowest BCUT2D eigenvalue weighted by Gasteiger charge is -2.11. The number of anilines is 1. The molecule has 0 aromatic heterocycles. The molecule has 0 heterocycles. The predicted octanol–water partition coefficient (Wildman–Crippen LogP) is 6.20. The van der Waals surface area contributed by atoms with Gasteiger partial charge in [-0.15, -0.1) is 0 Å². The number of ether oxygens (including phenoxy) is 2. The quantitative estimate of drug-likeness (QED) is 0.231. The van der Waals surface area contributed by atoms with E-state index >= 15 is 0 Å². The second-order valence-electron chi connectivity index (χ2n) is 7.63. The molecular formula is C28H28N2O3. The van der Waals surface area contributed by atoms with E-state index in [2.05, 4.69) is 31.3 Å². The molecule has 0 spiro atoms. The molecule has 0 aliphatic heterocycles. The van der Waals surface area contributed by atoms with Crippen molar-refractivity contribution in [1.82, 2.24) is 0 Å². The largest absolute Gasteiger partial charge is 0.490 e. The molecule has 0 aliphatic rings. The van der Waals surface area contributed by atoms with Crippen molar-refractivity contribution in [3.05, 3.63) is 95.6 Å². The monoisotopic (exact) mass is 440 g/mol. The Morgan fingerprint density at radius 2 is 1.52 bits per heavy atom. The minimum absolute atomic E-state index is 0.0280. The zero-order chi connectivity index (χ0) is 23.5. The average molecular weight is 441 g/mol. The minimum Gasteiger partial charge on any atom is -0.490 e. The molecule has 1 N–H and O–H groups in total. The summed E-state index contributed by atoms with van der Waals surface area (Å²) in [6.45, 7) is 5.24. The van der Waals surface area contributed by atoms with Crippen LogP contribution in [0.3, 0.4) is 0 Å². The molecule has 3 rings (SSSR count). The summed E-state index contributed by atoms with van der Waals surface area (Å²) in [6.07, 6.45) is 2.66. The Kier molecular flexibility index (Phi) is 8.67. The maximum absolute atomic E-state index is 12.3. The van der Waals surface area contributed by atoms with Crippen molar-refractivity contribution < 1.29 is 14.3 Å². The van der Waals surface area contributed by atoms with Gasteiger partial charge in [-0.05, 0) is 65.9 Å². The summed E-state index contributed by atoms with van der Waals surface area (Å²) in [5.74, 6) is 1.61. The molecule has 0 saturated carbocycles. The number of nitriles is 1. The van der Waals surface area contributed by atoms with Crippen LogP contribution in [0, 0.1) is 11.3 Å². The first-order valence-corrected chi connectivity index (χ1v) is 11.0.